The molecule has 0 radical (unpaired) electrons. The zero-order valence-electron chi connectivity index (χ0n) is 19.9. The second-order valence-electron chi connectivity index (χ2n) is 8.68. The summed E-state index contributed by atoms with van der Waals surface area (Å²) in [6.07, 6.45) is 3.60. The summed E-state index contributed by atoms with van der Waals surface area (Å²) in [6.45, 7) is 0. The second-order valence-corrected chi connectivity index (χ2v) is 9.76. The lowest BCUT2D eigenvalue weighted by atomic mass is 10.1. The number of nitrogens with one attached hydrogen (secondary N) is 2. The number of nitrogens with zero attached hydrogens (tertiary/aromatic N) is 1. The van der Waals surface area contributed by atoms with Crippen molar-refractivity contribution in [3.8, 4) is 22.3 Å². The minimum Gasteiger partial charge on any atom is -0.354 e. The van der Waals surface area contributed by atoms with E-state index in [0.717, 1.165) is 43.8 Å². The van der Waals surface area contributed by atoms with E-state index in [1.54, 1.807) is 12.4 Å². The maximum absolute atomic E-state index is 13.0. The number of thiophene rings is 1. The molecule has 0 aliphatic carbocycles. The molecule has 4 nitrogen and oxygen atoms in total. The number of carbonyl (C=O) groups excluding carboxylic acids is 1. The Morgan fingerprint density at radius 3 is 1.76 bits per heavy atom. The lowest BCUT2D eigenvalue weighted by Crippen LogP contribution is -2.09. The summed E-state index contributed by atoms with van der Waals surface area (Å²) in [6, 6.07) is 38.6. The molecule has 0 atom stereocenters. The van der Waals surface area contributed by atoms with E-state index in [1.807, 2.05) is 66.7 Å². The Morgan fingerprint density at radius 1 is 0.622 bits per heavy atom. The third-order valence-corrected chi connectivity index (χ3v) is 7.26. The molecule has 5 heteroatoms. The largest absolute Gasteiger partial charge is 0.354 e. The molecule has 2 aromatic heterocycles. The summed E-state index contributed by atoms with van der Waals surface area (Å²) in [4.78, 5) is 18.1. The van der Waals surface area contributed by atoms with Gasteiger partial charge in [0.05, 0.1) is 21.5 Å². The minimum atomic E-state index is -0.133. The maximum atomic E-state index is 13.0. The minimum absolute atomic E-state index is 0.133. The van der Waals surface area contributed by atoms with Gasteiger partial charge < -0.3 is 10.6 Å². The van der Waals surface area contributed by atoms with E-state index in [-0.39, 0.29) is 5.91 Å². The first kappa shape index (κ1) is 22.7. The third kappa shape index (κ3) is 4.99. The van der Waals surface area contributed by atoms with Crippen LogP contribution in [-0.2, 0) is 0 Å². The van der Waals surface area contributed by atoms with E-state index in [4.69, 9.17) is 0 Å². The van der Waals surface area contributed by atoms with Crippen molar-refractivity contribution in [2.45, 2.75) is 0 Å². The second kappa shape index (κ2) is 10.1. The molecule has 0 unspecified atom stereocenters. The Balaban J connectivity index is 1.19. The normalized spacial score (nSPS) is 10.8. The number of hydrogen-bond donors (Lipinski definition) is 2. The van der Waals surface area contributed by atoms with Crippen molar-refractivity contribution in [2.75, 3.05) is 10.6 Å². The number of benzene rings is 4. The van der Waals surface area contributed by atoms with Gasteiger partial charge in [-0.1, -0.05) is 84.9 Å². The van der Waals surface area contributed by atoms with Crippen LogP contribution in [-0.4, -0.2) is 10.9 Å². The van der Waals surface area contributed by atoms with Gasteiger partial charge in [0.2, 0.25) is 0 Å². The van der Waals surface area contributed by atoms with Crippen molar-refractivity contribution < 1.29 is 4.79 Å². The number of amides is 1. The number of aromatic nitrogens is 1. The molecule has 0 aliphatic heterocycles. The summed E-state index contributed by atoms with van der Waals surface area (Å²) in [5.41, 5.74) is 7.19. The molecule has 0 spiro atoms. The van der Waals surface area contributed by atoms with Gasteiger partial charge in [-0.15, -0.1) is 11.3 Å². The molecule has 0 aliphatic rings. The van der Waals surface area contributed by atoms with Crippen LogP contribution in [0.2, 0.25) is 0 Å². The molecule has 0 fully saturated rings. The van der Waals surface area contributed by atoms with Gasteiger partial charge in [0.25, 0.3) is 5.91 Å². The molecule has 178 valence electrons. The first-order valence-corrected chi connectivity index (χ1v) is 12.8. The first-order chi connectivity index (χ1) is 18.2. The quantitative estimate of drug-likeness (QED) is 0.242. The van der Waals surface area contributed by atoms with Gasteiger partial charge in [-0.05, 0) is 52.6 Å². The highest BCUT2D eigenvalue weighted by atomic mass is 32.1. The van der Waals surface area contributed by atoms with Crippen LogP contribution in [0.1, 0.15) is 9.67 Å². The SMILES string of the molecule is O=C(Nc1ccc(-c2ccccc2)cc1)c1cc2c(Nc3ccc(-c4ccccc4)cc3)cncc2s1. The molecular formula is C32H23N3OS. The highest BCUT2D eigenvalue weighted by molar-refractivity contribution is 7.21. The monoisotopic (exact) mass is 497 g/mol. The van der Waals surface area contributed by atoms with Crippen LogP contribution in [0.5, 0.6) is 0 Å². The number of carbonyl (C=O) groups is 1. The van der Waals surface area contributed by atoms with Crippen molar-refractivity contribution in [3.05, 3.63) is 133 Å². The highest BCUT2D eigenvalue weighted by Gasteiger charge is 2.14. The molecule has 37 heavy (non-hydrogen) atoms. The van der Waals surface area contributed by atoms with Crippen LogP contribution in [0, 0.1) is 0 Å². The molecule has 0 bridgehead atoms. The van der Waals surface area contributed by atoms with Crippen LogP contribution >= 0.6 is 11.3 Å². The average molecular weight is 498 g/mol. The maximum Gasteiger partial charge on any atom is 0.265 e. The van der Waals surface area contributed by atoms with E-state index in [9.17, 15) is 4.79 Å². The van der Waals surface area contributed by atoms with Gasteiger partial charge in [0.1, 0.15) is 0 Å². The smallest absolute Gasteiger partial charge is 0.265 e. The van der Waals surface area contributed by atoms with E-state index >= 15 is 0 Å². The molecule has 1 amide bonds. The summed E-state index contributed by atoms with van der Waals surface area (Å²) in [7, 11) is 0. The molecule has 2 heterocycles. The predicted molar refractivity (Wildman–Crippen MR) is 155 cm³/mol. The molecule has 0 saturated heterocycles. The molecule has 4 aromatic carbocycles. The Labute approximate surface area is 219 Å². The number of fused-ring (bicyclic) bond motifs is 1. The van der Waals surface area contributed by atoms with Crippen LogP contribution in [0.15, 0.2) is 128 Å². The fourth-order valence-corrected chi connectivity index (χ4v) is 5.22. The highest BCUT2D eigenvalue weighted by Crippen LogP contribution is 2.33. The van der Waals surface area contributed by atoms with Gasteiger partial charge in [0.15, 0.2) is 0 Å². The fourth-order valence-electron chi connectivity index (χ4n) is 4.27. The van der Waals surface area contributed by atoms with Crippen molar-refractivity contribution in [2.24, 2.45) is 0 Å². The zero-order chi connectivity index (χ0) is 25.0. The number of hydrogen-bond acceptors (Lipinski definition) is 4. The summed E-state index contributed by atoms with van der Waals surface area (Å²) in [5, 5.41) is 7.45. The Hall–Kier alpha value is -4.74. The van der Waals surface area contributed by atoms with Gasteiger partial charge >= 0.3 is 0 Å². The predicted octanol–water partition coefficient (Wildman–Crippen LogP) is 8.63. The first-order valence-electron chi connectivity index (χ1n) is 12.0. The third-order valence-electron chi connectivity index (χ3n) is 6.19. The molecule has 0 saturated carbocycles. The van der Waals surface area contributed by atoms with Crippen molar-refractivity contribution in [1.82, 2.24) is 4.98 Å². The standard InChI is InChI=1S/C32H23N3OS/c36-32(35-27-17-13-25(14-18-27)23-9-5-2-6-10-23)30-19-28-29(20-33-21-31(28)37-30)34-26-15-11-24(12-16-26)22-7-3-1-4-8-22/h1-21,34H,(H,35,36). The fraction of sp³-hybridized carbons (Fsp3) is 0. The molecule has 2 N–H and O–H groups in total. The lowest BCUT2D eigenvalue weighted by Gasteiger charge is -2.08. The van der Waals surface area contributed by atoms with Crippen molar-refractivity contribution in [3.63, 3.8) is 0 Å². The number of anilines is 3. The van der Waals surface area contributed by atoms with Gasteiger partial charge in [-0.25, -0.2) is 0 Å². The molecular weight excluding hydrogens is 474 g/mol. The molecule has 6 aromatic rings. The number of rotatable bonds is 6. The Kier molecular flexibility index (Phi) is 6.19. The van der Waals surface area contributed by atoms with E-state index < -0.39 is 0 Å². The van der Waals surface area contributed by atoms with Gasteiger partial charge in [-0.2, -0.15) is 0 Å². The topological polar surface area (TPSA) is 54.0 Å². The van der Waals surface area contributed by atoms with Crippen LogP contribution < -0.4 is 10.6 Å². The van der Waals surface area contributed by atoms with Crippen LogP contribution in [0.25, 0.3) is 32.3 Å². The van der Waals surface area contributed by atoms with E-state index in [1.165, 1.54) is 16.9 Å². The van der Waals surface area contributed by atoms with Crippen molar-refractivity contribution >= 4 is 44.4 Å². The summed E-state index contributed by atoms with van der Waals surface area (Å²) in [5.74, 6) is -0.133. The van der Waals surface area contributed by atoms with Gasteiger partial charge in [-0.3, -0.25) is 9.78 Å². The lowest BCUT2D eigenvalue weighted by molar-refractivity contribution is 0.103. The summed E-state index contributed by atoms with van der Waals surface area (Å²) >= 11 is 1.43. The zero-order valence-corrected chi connectivity index (χ0v) is 20.7. The van der Waals surface area contributed by atoms with E-state index in [0.29, 0.717) is 4.88 Å². The Bertz CT molecular complexity index is 1660. The average Bonchev–Trinajstić information content (AvgIpc) is 3.41. The molecule has 6 rings (SSSR count). The summed E-state index contributed by atoms with van der Waals surface area (Å²) < 4.78 is 0.954. The number of pyridine rings is 1. The van der Waals surface area contributed by atoms with Crippen LogP contribution in [0.3, 0.4) is 0 Å². The van der Waals surface area contributed by atoms with Crippen LogP contribution in [0.4, 0.5) is 17.1 Å². The van der Waals surface area contributed by atoms with E-state index in [2.05, 4.69) is 64.1 Å². The van der Waals surface area contributed by atoms with Gasteiger partial charge in [0, 0.05) is 23.0 Å². The Morgan fingerprint density at radius 2 is 1.16 bits per heavy atom. The van der Waals surface area contributed by atoms with Crippen molar-refractivity contribution in [1.29, 1.82) is 0 Å².